The van der Waals surface area contributed by atoms with Crippen molar-refractivity contribution in [2.45, 2.75) is 6.92 Å². The number of benzene rings is 1. The predicted octanol–water partition coefficient (Wildman–Crippen LogP) is 3.18. The Hall–Kier alpha value is -2.73. The zero-order valence-corrected chi connectivity index (χ0v) is 12.3. The first-order valence-corrected chi connectivity index (χ1v) is 7.00. The number of halogens is 1. The highest BCUT2D eigenvalue weighted by molar-refractivity contribution is 6.30. The molecule has 1 aromatic carbocycles. The molecule has 0 saturated heterocycles. The molecule has 22 heavy (non-hydrogen) atoms. The normalized spacial score (nSPS) is 11.2. The Morgan fingerprint density at radius 3 is 2.95 bits per heavy atom. The topological polar surface area (TPSA) is 65.7 Å². The zero-order chi connectivity index (χ0) is 15.1. The molecule has 0 fully saturated rings. The van der Waals surface area contributed by atoms with Crippen LogP contribution < -0.4 is 4.84 Å². The first-order valence-electron chi connectivity index (χ1n) is 6.62. The lowest BCUT2D eigenvalue weighted by Gasteiger charge is -2.08. The van der Waals surface area contributed by atoms with E-state index in [1.54, 1.807) is 12.3 Å². The summed E-state index contributed by atoms with van der Waals surface area (Å²) >= 11 is 5.98. The van der Waals surface area contributed by atoms with E-state index in [2.05, 4.69) is 20.3 Å². The minimum absolute atomic E-state index is 0.381. The fourth-order valence-corrected chi connectivity index (χ4v) is 2.44. The summed E-state index contributed by atoms with van der Waals surface area (Å²) in [4.78, 5) is 15.7. The van der Waals surface area contributed by atoms with E-state index in [1.807, 2.05) is 37.3 Å². The van der Waals surface area contributed by atoms with Gasteiger partial charge >= 0.3 is 0 Å². The molecule has 7 heteroatoms. The lowest BCUT2D eigenvalue weighted by atomic mass is 10.2. The summed E-state index contributed by atoms with van der Waals surface area (Å²) in [7, 11) is 0. The van der Waals surface area contributed by atoms with Crippen molar-refractivity contribution < 1.29 is 4.84 Å². The van der Waals surface area contributed by atoms with E-state index >= 15 is 0 Å². The van der Waals surface area contributed by atoms with Crippen molar-refractivity contribution in [1.82, 2.24) is 25.1 Å². The Morgan fingerprint density at radius 2 is 2.05 bits per heavy atom. The van der Waals surface area contributed by atoms with Gasteiger partial charge in [-0.2, -0.15) is 0 Å². The summed E-state index contributed by atoms with van der Waals surface area (Å²) < 4.78 is 0. The van der Waals surface area contributed by atoms with Gasteiger partial charge in [-0.05, 0) is 36.4 Å². The largest absolute Gasteiger partial charge is 0.335 e. The van der Waals surface area contributed by atoms with E-state index < -0.39 is 0 Å². The summed E-state index contributed by atoms with van der Waals surface area (Å²) in [6.07, 6.45) is 1.69. The van der Waals surface area contributed by atoms with Crippen LogP contribution in [0.1, 0.15) is 5.69 Å². The maximum absolute atomic E-state index is 5.98. The van der Waals surface area contributed by atoms with Gasteiger partial charge < -0.3 is 4.84 Å². The third-order valence-corrected chi connectivity index (χ3v) is 3.48. The number of fused-ring (bicyclic) bond motifs is 2. The van der Waals surface area contributed by atoms with Gasteiger partial charge in [-0.1, -0.05) is 28.6 Å². The molecular formula is C15H10ClN5O. The second kappa shape index (κ2) is 4.92. The molecule has 4 rings (SSSR count). The molecule has 0 radical (unpaired) electrons. The third kappa shape index (κ3) is 2.14. The fraction of sp³-hybridized carbons (Fsp3) is 0.0667. The first-order chi connectivity index (χ1) is 10.7. The summed E-state index contributed by atoms with van der Waals surface area (Å²) in [6.45, 7) is 1.89. The van der Waals surface area contributed by atoms with Crippen molar-refractivity contribution in [3.8, 4) is 5.88 Å². The molecule has 0 spiro atoms. The van der Waals surface area contributed by atoms with Crippen molar-refractivity contribution in [1.29, 1.82) is 0 Å². The van der Waals surface area contributed by atoms with Crippen LogP contribution in [0.25, 0.3) is 21.8 Å². The summed E-state index contributed by atoms with van der Waals surface area (Å²) in [5.41, 5.74) is 2.33. The second-order valence-corrected chi connectivity index (χ2v) is 5.23. The smallest absolute Gasteiger partial charge is 0.257 e. The number of pyridine rings is 2. The van der Waals surface area contributed by atoms with E-state index in [1.165, 1.54) is 4.85 Å². The van der Waals surface area contributed by atoms with Gasteiger partial charge in [0, 0.05) is 17.3 Å². The van der Waals surface area contributed by atoms with E-state index in [9.17, 15) is 0 Å². The SMILES string of the molecule is Cc1cc2cnc(Cl)cc2c(On2nnc3ccccc32)n1. The van der Waals surface area contributed by atoms with Gasteiger partial charge in [0.15, 0.2) is 0 Å². The summed E-state index contributed by atoms with van der Waals surface area (Å²) in [5, 5.41) is 10.1. The Kier molecular flexibility index (Phi) is 2.90. The highest BCUT2D eigenvalue weighted by Gasteiger charge is 2.11. The molecule has 3 heterocycles. The Morgan fingerprint density at radius 1 is 1.18 bits per heavy atom. The lowest BCUT2D eigenvalue weighted by molar-refractivity contribution is 0.178. The Labute approximate surface area is 130 Å². The molecule has 0 unspecified atom stereocenters. The summed E-state index contributed by atoms with van der Waals surface area (Å²) in [6, 6.07) is 11.2. The van der Waals surface area contributed by atoms with Crippen molar-refractivity contribution in [2.75, 3.05) is 0 Å². The molecule has 0 saturated carbocycles. The number of aryl methyl sites for hydroxylation is 1. The number of nitrogens with zero attached hydrogens (tertiary/aromatic N) is 5. The maximum Gasteiger partial charge on any atom is 0.257 e. The molecule has 0 bridgehead atoms. The molecule has 0 aliphatic rings. The van der Waals surface area contributed by atoms with Crippen LogP contribution in [0.15, 0.2) is 42.6 Å². The molecular weight excluding hydrogens is 302 g/mol. The van der Waals surface area contributed by atoms with Gasteiger partial charge in [-0.25, -0.2) is 9.97 Å². The maximum atomic E-state index is 5.98. The number of hydrogen-bond donors (Lipinski definition) is 0. The summed E-state index contributed by atoms with van der Waals surface area (Å²) in [5.74, 6) is 0.412. The highest BCUT2D eigenvalue weighted by Crippen LogP contribution is 2.26. The van der Waals surface area contributed by atoms with Gasteiger partial charge in [0.1, 0.15) is 16.2 Å². The number of para-hydroxylation sites is 1. The number of hydrogen-bond acceptors (Lipinski definition) is 5. The van der Waals surface area contributed by atoms with E-state index in [0.717, 1.165) is 27.5 Å². The molecule has 0 aliphatic carbocycles. The van der Waals surface area contributed by atoms with Gasteiger partial charge in [0.25, 0.3) is 5.88 Å². The van der Waals surface area contributed by atoms with Gasteiger partial charge in [-0.3, -0.25) is 0 Å². The van der Waals surface area contributed by atoms with Crippen LogP contribution in [0, 0.1) is 6.92 Å². The molecule has 0 atom stereocenters. The highest BCUT2D eigenvalue weighted by atomic mass is 35.5. The lowest BCUT2D eigenvalue weighted by Crippen LogP contribution is -2.09. The van der Waals surface area contributed by atoms with Crippen LogP contribution in [0.2, 0.25) is 5.15 Å². The molecule has 4 aromatic rings. The first kappa shape index (κ1) is 13.0. The van der Waals surface area contributed by atoms with Crippen LogP contribution in [0.4, 0.5) is 0 Å². The van der Waals surface area contributed by atoms with Crippen molar-refractivity contribution >= 4 is 33.4 Å². The van der Waals surface area contributed by atoms with Crippen molar-refractivity contribution in [2.24, 2.45) is 0 Å². The number of rotatable bonds is 2. The van der Waals surface area contributed by atoms with E-state index in [-0.39, 0.29) is 0 Å². The average Bonchev–Trinajstić information content (AvgIpc) is 2.91. The van der Waals surface area contributed by atoms with Crippen molar-refractivity contribution in [3.63, 3.8) is 0 Å². The van der Waals surface area contributed by atoms with E-state index in [0.29, 0.717) is 11.0 Å². The molecule has 0 aliphatic heterocycles. The zero-order valence-electron chi connectivity index (χ0n) is 11.6. The minimum Gasteiger partial charge on any atom is -0.335 e. The molecule has 108 valence electrons. The molecule has 3 aromatic heterocycles. The Bertz CT molecular complexity index is 998. The van der Waals surface area contributed by atoms with Gasteiger partial charge in [0.05, 0.1) is 5.39 Å². The predicted molar refractivity (Wildman–Crippen MR) is 82.8 cm³/mol. The second-order valence-electron chi connectivity index (χ2n) is 4.84. The standard InChI is InChI=1S/C15H10ClN5O/c1-9-6-10-8-17-14(16)7-11(10)15(18-9)22-21-13-5-3-2-4-12(13)19-20-21/h2-8H,1H3. The molecule has 6 nitrogen and oxygen atoms in total. The fourth-order valence-electron chi connectivity index (χ4n) is 2.28. The third-order valence-electron chi connectivity index (χ3n) is 3.27. The molecule has 0 N–H and O–H groups in total. The van der Waals surface area contributed by atoms with Gasteiger partial charge in [-0.15, -0.1) is 5.10 Å². The minimum atomic E-state index is 0.381. The van der Waals surface area contributed by atoms with Crippen LogP contribution in [-0.2, 0) is 0 Å². The van der Waals surface area contributed by atoms with Crippen LogP contribution in [0.5, 0.6) is 5.88 Å². The van der Waals surface area contributed by atoms with Crippen LogP contribution >= 0.6 is 11.6 Å². The Balaban J connectivity index is 1.89. The molecule has 0 amide bonds. The quantitative estimate of drug-likeness (QED) is 0.532. The van der Waals surface area contributed by atoms with Crippen LogP contribution in [0.3, 0.4) is 0 Å². The van der Waals surface area contributed by atoms with Gasteiger partial charge in [0.2, 0.25) is 0 Å². The monoisotopic (exact) mass is 311 g/mol. The number of aromatic nitrogens is 5. The average molecular weight is 312 g/mol. The van der Waals surface area contributed by atoms with Crippen molar-refractivity contribution in [3.05, 3.63) is 53.4 Å². The van der Waals surface area contributed by atoms with Crippen LogP contribution in [-0.4, -0.2) is 25.1 Å². The van der Waals surface area contributed by atoms with E-state index in [4.69, 9.17) is 16.4 Å².